The van der Waals surface area contributed by atoms with E-state index in [9.17, 15) is 0 Å². The summed E-state index contributed by atoms with van der Waals surface area (Å²) in [6, 6.07) is 87.8. The molecule has 12 rings (SSSR count). The molecule has 0 saturated heterocycles. The van der Waals surface area contributed by atoms with E-state index in [0.29, 0.717) is 5.82 Å². The minimum Gasteiger partial charge on any atom is -0.228 e. The third-order valence-corrected chi connectivity index (χ3v) is 13.0. The maximum absolute atomic E-state index is 5.31. The smallest absolute Gasteiger partial charge is 0.161 e. The summed E-state index contributed by atoms with van der Waals surface area (Å²) in [6.45, 7) is 0. The maximum atomic E-state index is 5.31. The minimum absolute atomic E-state index is 0.484. The molecule has 1 heterocycles. The van der Waals surface area contributed by atoms with Crippen molar-refractivity contribution in [3.8, 4) is 67.3 Å². The monoisotopic (exact) mass is 800 g/mol. The van der Waals surface area contributed by atoms with Gasteiger partial charge in [-0.3, -0.25) is 0 Å². The van der Waals surface area contributed by atoms with E-state index in [4.69, 9.17) is 9.97 Å². The van der Waals surface area contributed by atoms with Crippen LogP contribution in [0.15, 0.2) is 243 Å². The molecule has 0 unspecified atom stereocenters. The van der Waals surface area contributed by atoms with E-state index in [-0.39, 0.29) is 0 Å². The molecule has 1 aliphatic rings. The molecule has 294 valence electrons. The van der Waals surface area contributed by atoms with Crippen molar-refractivity contribution in [3.05, 3.63) is 265 Å². The van der Waals surface area contributed by atoms with Gasteiger partial charge in [0.1, 0.15) is 0 Å². The Morgan fingerprint density at radius 1 is 0.270 bits per heavy atom. The van der Waals surface area contributed by atoms with Crippen LogP contribution in [0, 0.1) is 0 Å². The summed E-state index contributed by atoms with van der Waals surface area (Å²) in [6.07, 6.45) is 0. The van der Waals surface area contributed by atoms with Crippen molar-refractivity contribution < 1.29 is 0 Å². The molecule has 0 spiro atoms. The van der Waals surface area contributed by atoms with Gasteiger partial charge in [-0.15, -0.1) is 0 Å². The van der Waals surface area contributed by atoms with E-state index in [0.717, 1.165) is 38.9 Å². The molecule has 0 fully saturated rings. The molecule has 1 aliphatic carbocycles. The van der Waals surface area contributed by atoms with Gasteiger partial charge in [-0.05, 0) is 108 Å². The fraction of sp³-hybridized carbons (Fsp3) is 0.0164. The Bertz CT molecular complexity index is 3430. The van der Waals surface area contributed by atoms with E-state index in [2.05, 4.69) is 237 Å². The van der Waals surface area contributed by atoms with Gasteiger partial charge in [-0.25, -0.2) is 9.97 Å². The zero-order chi connectivity index (χ0) is 41.7. The van der Waals surface area contributed by atoms with Gasteiger partial charge in [0, 0.05) is 16.7 Å². The molecule has 2 heteroatoms. The van der Waals surface area contributed by atoms with E-state index in [1.807, 2.05) is 6.07 Å². The number of hydrogen-bond donors (Lipinski definition) is 0. The average Bonchev–Trinajstić information content (AvgIpc) is 3.65. The molecule has 63 heavy (non-hydrogen) atoms. The van der Waals surface area contributed by atoms with E-state index < -0.39 is 5.41 Å². The number of aromatic nitrogens is 2. The number of rotatable bonds is 7. The average molecular weight is 801 g/mol. The van der Waals surface area contributed by atoms with Crippen LogP contribution in [0.5, 0.6) is 0 Å². The number of hydrogen-bond acceptors (Lipinski definition) is 2. The Labute approximate surface area is 367 Å². The summed E-state index contributed by atoms with van der Waals surface area (Å²) in [5.74, 6) is 0.700. The van der Waals surface area contributed by atoms with Crippen molar-refractivity contribution in [2.45, 2.75) is 5.41 Å². The molecular formula is C61H40N2. The van der Waals surface area contributed by atoms with E-state index in [1.165, 1.54) is 66.4 Å². The first kappa shape index (κ1) is 36.6. The van der Waals surface area contributed by atoms with Gasteiger partial charge in [-0.2, -0.15) is 0 Å². The molecule has 0 N–H and O–H groups in total. The lowest BCUT2D eigenvalue weighted by molar-refractivity contribution is 0.769. The third-order valence-electron chi connectivity index (χ3n) is 13.0. The van der Waals surface area contributed by atoms with Crippen LogP contribution in [-0.2, 0) is 5.41 Å². The van der Waals surface area contributed by atoms with Crippen molar-refractivity contribution in [1.82, 2.24) is 9.97 Å². The van der Waals surface area contributed by atoms with Crippen molar-refractivity contribution >= 4 is 21.5 Å². The number of nitrogens with zero attached hydrogens (tertiary/aromatic N) is 2. The molecule has 0 atom stereocenters. The van der Waals surface area contributed by atoms with E-state index in [1.54, 1.807) is 0 Å². The summed E-state index contributed by atoms with van der Waals surface area (Å²) in [5.41, 5.74) is 16.8. The predicted octanol–water partition coefficient (Wildman–Crippen LogP) is 15.5. The SMILES string of the molecule is c1ccc(-c2ccc(-c3cc(-c4ccccc4)nc(-c4ccc(-c5ccc6c(c5)-c5cc7ccccc7cc5C6(c5ccccc5)c5ccccc5)c5ccccc45)n3)cc2)cc1. The Hall–Kier alpha value is -8.20. The first-order chi connectivity index (χ1) is 31.2. The van der Waals surface area contributed by atoms with Gasteiger partial charge in [0.15, 0.2) is 5.82 Å². The first-order valence-electron chi connectivity index (χ1n) is 21.6. The van der Waals surface area contributed by atoms with Crippen LogP contribution in [0.2, 0.25) is 0 Å². The van der Waals surface area contributed by atoms with Crippen LogP contribution in [-0.4, -0.2) is 9.97 Å². The Kier molecular flexibility index (Phi) is 8.76. The summed E-state index contributed by atoms with van der Waals surface area (Å²) in [4.78, 5) is 10.6. The molecule has 0 saturated carbocycles. The molecule has 2 nitrogen and oxygen atoms in total. The molecule has 0 amide bonds. The molecule has 0 bridgehead atoms. The molecule has 10 aromatic carbocycles. The quantitative estimate of drug-likeness (QED) is 0.160. The lowest BCUT2D eigenvalue weighted by Gasteiger charge is -2.34. The highest BCUT2D eigenvalue weighted by Gasteiger charge is 2.46. The van der Waals surface area contributed by atoms with Gasteiger partial charge in [0.25, 0.3) is 0 Å². The topological polar surface area (TPSA) is 25.8 Å². The summed E-state index contributed by atoms with van der Waals surface area (Å²) in [5, 5.41) is 4.75. The van der Waals surface area contributed by atoms with Crippen LogP contribution in [0.4, 0.5) is 0 Å². The number of benzene rings is 10. The second-order valence-corrected chi connectivity index (χ2v) is 16.5. The van der Waals surface area contributed by atoms with E-state index >= 15 is 0 Å². The van der Waals surface area contributed by atoms with Gasteiger partial charge < -0.3 is 0 Å². The van der Waals surface area contributed by atoms with Gasteiger partial charge >= 0.3 is 0 Å². The molecular weight excluding hydrogens is 761 g/mol. The lowest BCUT2D eigenvalue weighted by Crippen LogP contribution is -2.28. The highest BCUT2D eigenvalue weighted by molar-refractivity contribution is 6.05. The van der Waals surface area contributed by atoms with Crippen molar-refractivity contribution in [2.75, 3.05) is 0 Å². The fourth-order valence-corrected chi connectivity index (χ4v) is 10.0. The highest BCUT2D eigenvalue weighted by atomic mass is 14.9. The normalized spacial score (nSPS) is 12.6. The minimum atomic E-state index is -0.484. The zero-order valence-electron chi connectivity index (χ0n) is 34.5. The summed E-state index contributed by atoms with van der Waals surface area (Å²) >= 11 is 0. The third kappa shape index (κ3) is 6.10. The summed E-state index contributed by atoms with van der Waals surface area (Å²) in [7, 11) is 0. The maximum Gasteiger partial charge on any atom is 0.161 e. The van der Waals surface area contributed by atoms with Crippen LogP contribution in [0.25, 0.3) is 88.8 Å². The van der Waals surface area contributed by atoms with Gasteiger partial charge in [-0.1, -0.05) is 212 Å². The lowest BCUT2D eigenvalue weighted by atomic mass is 9.67. The Morgan fingerprint density at radius 2 is 0.714 bits per heavy atom. The Morgan fingerprint density at radius 3 is 1.35 bits per heavy atom. The van der Waals surface area contributed by atoms with Crippen molar-refractivity contribution in [2.24, 2.45) is 0 Å². The fourth-order valence-electron chi connectivity index (χ4n) is 10.0. The molecule has 0 radical (unpaired) electrons. The van der Waals surface area contributed by atoms with Crippen LogP contribution >= 0.6 is 0 Å². The van der Waals surface area contributed by atoms with Gasteiger partial charge in [0.05, 0.1) is 16.8 Å². The van der Waals surface area contributed by atoms with Crippen LogP contribution < -0.4 is 0 Å². The van der Waals surface area contributed by atoms with Crippen LogP contribution in [0.1, 0.15) is 22.3 Å². The second-order valence-electron chi connectivity index (χ2n) is 16.5. The van der Waals surface area contributed by atoms with Crippen molar-refractivity contribution in [3.63, 3.8) is 0 Å². The van der Waals surface area contributed by atoms with Gasteiger partial charge in [0.2, 0.25) is 0 Å². The largest absolute Gasteiger partial charge is 0.228 e. The highest BCUT2D eigenvalue weighted by Crippen LogP contribution is 2.57. The Balaban J connectivity index is 1.03. The second kappa shape index (κ2) is 15.1. The first-order valence-corrected chi connectivity index (χ1v) is 21.6. The summed E-state index contributed by atoms with van der Waals surface area (Å²) < 4.78 is 0. The standard InChI is InChI=1S/C61H40N2/c1-5-17-41(18-6-1)42-29-31-44(32-30-42)59-40-58(43-19-7-2-8-20-43)62-60(63-59)53-35-34-50(51-27-15-16-28-52(51)53)47-33-36-56-54(38-47)55-37-45-21-13-14-22-46(45)39-57(55)61(56,48-23-9-3-10-24-48)49-25-11-4-12-26-49/h1-40H. The van der Waals surface area contributed by atoms with Crippen LogP contribution in [0.3, 0.4) is 0 Å². The predicted molar refractivity (Wildman–Crippen MR) is 262 cm³/mol. The molecule has 1 aromatic heterocycles. The van der Waals surface area contributed by atoms with Crippen molar-refractivity contribution in [1.29, 1.82) is 0 Å². The molecule has 11 aromatic rings. The number of fused-ring (bicyclic) bond motifs is 5. The zero-order valence-corrected chi connectivity index (χ0v) is 34.5. The molecule has 0 aliphatic heterocycles.